The highest BCUT2D eigenvalue weighted by molar-refractivity contribution is 5.90. The smallest absolute Gasteiger partial charge is 0.341 e. The van der Waals surface area contributed by atoms with Crippen molar-refractivity contribution >= 4 is 5.97 Å². The highest BCUT2D eigenvalue weighted by atomic mass is 16.5. The van der Waals surface area contributed by atoms with Gasteiger partial charge in [0.25, 0.3) is 0 Å². The lowest BCUT2D eigenvalue weighted by molar-refractivity contribution is 0.0600. The van der Waals surface area contributed by atoms with Crippen LogP contribution >= 0.6 is 0 Å². The van der Waals surface area contributed by atoms with Gasteiger partial charge in [-0.1, -0.05) is 0 Å². The number of hydrogen-bond donors (Lipinski definition) is 0. The van der Waals surface area contributed by atoms with Gasteiger partial charge in [0.15, 0.2) is 0 Å². The fourth-order valence-electron chi connectivity index (χ4n) is 2.01. The Hall–Kier alpha value is -2.81. The van der Waals surface area contributed by atoms with Gasteiger partial charge >= 0.3 is 5.97 Å². The fraction of sp³-hybridized carbons (Fsp3) is 0.312. The van der Waals surface area contributed by atoms with Crippen LogP contribution < -0.4 is 4.74 Å². The van der Waals surface area contributed by atoms with E-state index in [1.807, 2.05) is 13.8 Å². The van der Waals surface area contributed by atoms with Crippen LogP contribution in [0.15, 0.2) is 24.4 Å². The molecule has 0 aliphatic heterocycles. The van der Waals surface area contributed by atoms with Crippen LogP contribution in [0, 0.1) is 18.3 Å². The van der Waals surface area contributed by atoms with Crippen LogP contribution in [0.2, 0.25) is 0 Å². The zero-order chi connectivity index (χ0) is 16.3. The largest absolute Gasteiger partial charge is 0.490 e. The molecular weight excluding hydrogens is 282 g/mol. The van der Waals surface area contributed by atoms with Crippen molar-refractivity contribution in [1.29, 1.82) is 5.26 Å². The van der Waals surface area contributed by atoms with Crippen LogP contribution in [0.5, 0.6) is 5.75 Å². The van der Waals surface area contributed by atoms with Crippen LogP contribution in [0.1, 0.15) is 35.5 Å². The number of aryl methyl sites for hydroxylation is 1. The van der Waals surface area contributed by atoms with E-state index >= 15 is 0 Å². The lowest BCUT2D eigenvalue weighted by atomic mass is 10.2. The molecule has 0 bridgehead atoms. The second-order valence-corrected chi connectivity index (χ2v) is 5.02. The molecule has 0 unspecified atom stereocenters. The van der Waals surface area contributed by atoms with E-state index in [0.29, 0.717) is 28.3 Å². The van der Waals surface area contributed by atoms with E-state index in [1.54, 1.807) is 36.0 Å². The molecule has 6 nitrogen and oxygen atoms in total. The first-order valence-electron chi connectivity index (χ1n) is 6.82. The highest BCUT2D eigenvalue weighted by Crippen LogP contribution is 2.23. The predicted molar refractivity (Wildman–Crippen MR) is 80.1 cm³/mol. The zero-order valence-corrected chi connectivity index (χ0v) is 13.0. The van der Waals surface area contributed by atoms with Crippen LogP contribution in [0.25, 0.3) is 5.69 Å². The number of carbonyl (C=O) groups excluding carboxylic acids is 1. The summed E-state index contributed by atoms with van der Waals surface area (Å²) < 4.78 is 11.8. The molecule has 2 rings (SSSR count). The standard InChI is InChI=1S/C16H17N3O3/c1-10(2)22-15-6-5-13(7-12(15)8-17)19-9-14(11(3)18-19)16(20)21-4/h5-7,9-10H,1-4H3. The van der Waals surface area contributed by atoms with Gasteiger partial charge in [-0.25, -0.2) is 9.48 Å². The van der Waals surface area contributed by atoms with Gasteiger partial charge in [-0.3, -0.25) is 0 Å². The first-order valence-corrected chi connectivity index (χ1v) is 6.82. The Morgan fingerprint density at radius 3 is 2.73 bits per heavy atom. The van der Waals surface area contributed by atoms with Gasteiger partial charge in [0, 0.05) is 6.20 Å². The van der Waals surface area contributed by atoms with Crippen molar-refractivity contribution in [3.8, 4) is 17.5 Å². The maximum Gasteiger partial charge on any atom is 0.341 e. The number of methoxy groups -OCH3 is 1. The van der Waals surface area contributed by atoms with Crippen LogP contribution in [-0.2, 0) is 4.74 Å². The molecule has 1 heterocycles. The average molecular weight is 299 g/mol. The Morgan fingerprint density at radius 1 is 1.41 bits per heavy atom. The van der Waals surface area contributed by atoms with E-state index in [-0.39, 0.29) is 6.10 Å². The van der Waals surface area contributed by atoms with Gasteiger partial charge in [-0.2, -0.15) is 10.4 Å². The van der Waals surface area contributed by atoms with Crippen molar-refractivity contribution in [3.63, 3.8) is 0 Å². The number of hydrogen-bond acceptors (Lipinski definition) is 5. The van der Waals surface area contributed by atoms with Gasteiger partial charge in [-0.15, -0.1) is 0 Å². The first kappa shape index (κ1) is 15.6. The van der Waals surface area contributed by atoms with Gasteiger partial charge in [0.05, 0.1) is 30.2 Å². The summed E-state index contributed by atoms with van der Waals surface area (Å²) in [5, 5.41) is 13.5. The minimum absolute atomic E-state index is 0.0178. The molecule has 0 atom stereocenters. The molecule has 0 aliphatic carbocycles. The van der Waals surface area contributed by atoms with Crippen molar-refractivity contribution < 1.29 is 14.3 Å². The number of esters is 1. The second-order valence-electron chi connectivity index (χ2n) is 5.02. The molecule has 22 heavy (non-hydrogen) atoms. The number of nitrogens with zero attached hydrogens (tertiary/aromatic N) is 3. The quantitative estimate of drug-likeness (QED) is 0.811. The number of benzene rings is 1. The molecule has 6 heteroatoms. The lowest BCUT2D eigenvalue weighted by Gasteiger charge is -2.12. The molecule has 1 aromatic heterocycles. The van der Waals surface area contributed by atoms with Crippen molar-refractivity contribution in [2.45, 2.75) is 26.9 Å². The van der Waals surface area contributed by atoms with Crippen molar-refractivity contribution in [1.82, 2.24) is 9.78 Å². The molecule has 0 aliphatic rings. The number of aromatic nitrogens is 2. The normalized spacial score (nSPS) is 10.4. The number of nitriles is 1. The molecule has 0 N–H and O–H groups in total. The summed E-state index contributed by atoms with van der Waals surface area (Å²) in [5.41, 5.74) is 2.04. The van der Waals surface area contributed by atoms with Gasteiger partial charge < -0.3 is 9.47 Å². The molecule has 0 amide bonds. The molecule has 0 fully saturated rings. The van der Waals surface area contributed by atoms with Crippen LogP contribution in [0.4, 0.5) is 0 Å². The highest BCUT2D eigenvalue weighted by Gasteiger charge is 2.15. The molecule has 0 radical (unpaired) electrons. The third-order valence-corrected chi connectivity index (χ3v) is 3.02. The molecular formula is C16H17N3O3. The zero-order valence-electron chi connectivity index (χ0n) is 13.0. The molecule has 2 aromatic rings. The SMILES string of the molecule is COC(=O)c1cn(-c2ccc(OC(C)C)c(C#N)c2)nc1C. The van der Waals surface area contributed by atoms with E-state index in [9.17, 15) is 10.1 Å². The third-order valence-electron chi connectivity index (χ3n) is 3.02. The second kappa shape index (κ2) is 6.31. The Labute approximate surface area is 128 Å². The summed E-state index contributed by atoms with van der Waals surface area (Å²) in [6.45, 7) is 5.52. The molecule has 0 spiro atoms. The monoisotopic (exact) mass is 299 g/mol. The molecule has 0 saturated carbocycles. The maximum atomic E-state index is 11.6. The van der Waals surface area contributed by atoms with E-state index in [4.69, 9.17) is 9.47 Å². The molecule has 1 aromatic carbocycles. The Bertz CT molecular complexity index is 742. The molecule has 114 valence electrons. The molecule has 0 saturated heterocycles. The van der Waals surface area contributed by atoms with Gasteiger partial charge in [0.1, 0.15) is 17.4 Å². The number of ether oxygens (including phenoxy) is 2. The lowest BCUT2D eigenvalue weighted by Crippen LogP contribution is -2.07. The van der Waals surface area contributed by atoms with Crippen molar-refractivity contribution in [3.05, 3.63) is 41.2 Å². The van der Waals surface area contributed by atoms with Crippen LogP contribution in [0.3, 0.4) is 0 Å². The van der Waals surface area contributed by atoms with Gasteiger partial charge in [-0.05, 0) is 39.0 Å². The van der Waals surface area contributed by atoms with E-state index < -0.39 is 5.97 Å². The predicted octanol–water partition coefficient (Wildman–Crippen LogP) is 2.63. The first-order chi connectivity index (χ1) is 10.5. The Morgan fingerprint density at radius 2 is 2.14 bits per heavy atom. The summed E-state index contributed by atoms with van der Waals surface area (Å²) in [6, 6.07) is 7.29. The average Bonchev–Trinajstić information content (AvgIpc) is 2.88. The van der Waals surface area contributed by atoms with E-state index in [0.717, 1.165) is 0 Å². The summed E-state index contributed by atoms with van der Waals surface area (Å²) in [4.78, 5) is 11.6. The summed E-state index contributed by atoms with van der Waals surface area (Å²) in [7, 11) is 1.32. The third kappa shape index (κ3) is 3.09. The maximum absolute atomic E-state index is 11.6. The van der Waals surface area contributed by atoms with Crippen molar-refractivity contribution in [2.24, 2.45) is 0 Å². The minimum Gasteiger partial charge on any atom is -0.490 e. The summed E-state index contributed by atoms with van der Waals surface area (Å²) in [6.07, 6.45) is 1.57. The summed E-state index contributed by atoms with van der Waals surface area (Å²) in [5.74, 6) is 0.0855. The fourth-order valence-corrected chi connectivity index (χ4v) is 2.01. The van der Waals surface area contributed by atoms with Crippen LogP contribution in [-0.4, -0.2) is 29.0 Å². The minimum atomic E-state index is -0.441. The Kier molecular flexibility index (Phi) is 4.47. The van der Waals surface area contributed by atoms with E-state index in [2.05, 4.69) is 11.2 Å². The number of carbonyl (C=O) groups is 1. The summed E-state index contributed by atoms with van der Waals surface area (Å²) >= 11 is 0. The van der Waals surface area contributed by atoms with Crippen molar-refractivity contribution in [2.75, 3.05) is 7.11 Å². The number of rotatable bonds is 4. The topological polar surface area (TPSA) is 77.1 Å². The Balaban J connectivity index is 2.42. The van der Waals surface area contributed by atoms with E-state index in [1.165, 1.54) is 7.11 Å². The van der Waals surface area contributed by atoms with Gasteiger partial charge in [0.2, 0.25) is 0 Å².